The van der Waals surface area contributed by atoms with Crippen LogP contribution in [0.25, 0.3) is 33.9 Å². The van der Waals surface area contributed by atoms with E-state index in [2.05, 4.69) is 5.10 Å². The SMILES string of the molecule is O=P(O)(O)c1ccnn1-c1c(-c2ccccc2)nn(-c2ccccc2)c1-c1ccccc1. The van der Waals surface area contributed by atoms with Crippen LogP contribution >= 0.6 is 7.60 Å². The van der Waals surface area contributed by atoms with Crippen molar-refractivity contribution in [1.82, 2.24) is 19.6 Å². The van der Waals surface area contributed by atoms with Crippen molar-refractivity contribution in [2.24, 2.45) is 0 Å². The molecule has 0 fully saturated rings. The Hall–Kier alpha value is -3.77. The lowest BCUT2D eigenvalue weighted by atomic mass is 10.1. The number of benzene rings is 3. The summed E-state index contributed by atoms with van der Waals surface area (Å²) in [5.41, 5.74) is 4.00. The van der Waals surface area contributed by atoms with Crippen molar-refractivity contribution in [2.45, 2.75) is 0 Å². The zero-order valence-corrected chi connectivity index (χ0v) is 17.7. The fourth-order valence-electron chi connectivity index (χ4n) is 3.70. The zero-order chi connectivity index (χ0) is 22.1. The lowest BCUT2D eigenvalue weighted by Crippen LogP contribution is -2.17. The third-order valence-corrected chi connectivity index (χ3v) is 6.02. The molecule has 2 aromatic heterocycles. The Morgan fingerprint density at radius 2 is 1.25 bits per heavy atom. The minimum atomic E-state index is -4.60. The fourth-order valence-corrected chi connectivity index (χ4v) is 4.36. The Morgan fingerprint density at radius 1 is 0.688 bits per heavy atom. The molecule has 158 valence electrons. The predicted octanol–water partition coefficient (Wildman–Crippen LogP) is 4.20. The summed E-state index contributed by atoms with van der Waals surface area (Å²) >= 11 is 0. The minimum absolute atomic E-state index is 0.195. The van der Waals surface area contributed by atoms with E-state index in [4.69, 9.17) is 5.10 Å². The van der Waals surface area contributed by atoms with Gasteiger partial charge in [-0.25, -0.2) is 9.36 Å². The second kappa shape index (κ2) is 8.05. The van der Waals surface area contributed by atoms with Gasteiger partial charge in [0.2, 0.25) is 0 Å². The van der Waals surface area contributed by atoms with Gasteiger partial charge in [-0.15, -0.1) is 0 Å². The van der Waals surface area contributed by atoms with Crippen molar-refractivity contribution in [2.75, 3.05) is 0 Å². The number of aromatic nitrogens is 4. The lowest BCUT2D eigenvalue weighted by molar-refractivity contribution is 0.385. The van der Waals surface area contributed by atoms with Crippen molar-refractivity contribution in [1.29, 1.82) is 0 Å². The molecular weight excluding hydrogens is 423 g/mol. The second-order valence-electron chi connectivity index (χ2n) is 7.17. The fraction of sp³-hybridized carbons (Fsp3) is 0. The van der Waals surface area contributed by atoms with Crippen LogP contribution in [-0.4, -0.2) is 29.3 Å². The lowest BCUT2D eigenvalue weighted by Gasteiger charge is -2.13. The van der Waals surface area contributed by atoms with E-state index >= 15 is 0 Å². The summed E-state index contributed by atoms with van der Waals surface area (Å²) in [6.45, 7) is 0. The smallest absolute Gasteiger partial charge is 0.320 e. The highest BCUT2D eigenvalue weighted by Crippen LogP contribution is 2.40. The second-order valence-corrected chi connectivity index (χ2v) is 8.72. The van der Waals surface area contributed by atoms with Crippen LogP contribution in [0.15, 0.2) is 103 Å². The van der Waals surface area contributed by atoms with E-state index in [0.717, 1.165) is 16.8 Å². The maximum Gasteiger partial charge on any atom is 0.374 e. The van der Waals surface area contributed by atoms with Gasteiger partial charge in [-0.2, -0.15) is 10.2 Å². The first-order valence-electron chi connectivity index (χ1n) is 9.94. The van der Waals surface area contributed by atoms with Crippen molar-refractivity contribution >= 4 is 13.0 Å². The zero-order valence-electron chi connectivity index (χ0n) is 16.9. The van der Waals surface area contributed by atoms with Gasteiger partial charge in [-0.1, -0.05) is 78.9 Å². The van der Waals surface area contributed by atoms with E-state index in [-0.39, 0.29) is 5.44 Å². The van der Waals surface area contributed by atoms with Gasteiger partial charge in [0.15, 0.2) is 5.44 Å². The molecule has 0 unspecified atom stereocenters. The molecule has 0 aliphatic carbocycles. The number of rotatable bonds is 5. The largest absolute Gasteiger partial charge is 0.374 e. The molecule has 5 rings (SSSR count). The van der Waals surface area contributed by atoms with Crippen molar-refractivity contribution in [3.8, 4) is 33.9 Å². The molecule has 5 aromatic rings. The molecule has 0 aliphatic heterocycles. The highest BCUT2D eigenvalue weighted by Gasteiger charge is 2.30. The summed E-state index contributed by atoms with van der Waals surface area (Å²) in [5, 5.41) is 9.21. The standard InChI is InChI=1S/C24H19N4O3P/c29-32(30,31)21-16-17-25-28(21)24-22(18-10-4-1-5-11-18)26-27(20-14-8-3-9-15-20)23(24)19-12-6-2-7-13-19/h1-17H,(H2,29,30,31). The number of para-hydroxylation sites is 1. The van der Waals surface area contributed by atoms with Gasteiger partial charge < -0.3 is 9.79 Å². The summed E-state index contributed by atoms with van der Waals surface area (Å²) in [5.74, 6) is 0. The Balaban J connectivity index is 1.92. The Morgan fingerprint density at radius 3 is 1.84 bits per heavy atom. The Bertz CT molecular complexity index is 1410. The van der Waals surface area contributed by atoms with Crippen molar-refractivity contribution in [3.63, 3.8) is 0 Å². The van der Waals surface area contributed by atoms with Gasteiger partial charge in [-0.05, 0) is 18.2 Å². The molecule has 0 amide bonds. The van der Waals surface area contributed by atoms with E-state index in [1.54, 1.807) is 4.68 Å². The van der Waals surface area contributed by atoms with Crippen LogP contribution in [0.2, 0.25) is 0 Å². The molecule has 0 saturated heterocycles. The van der Waals surface area contributed by atoms with Gasteiger partial charge in [0.25, 0.3) is 0 Å². The molecule has 0 spiro atoms. The number of nitrogens with zero attached hydrogens (tertiary/aromatic N) is 4. The van der Waals surface area contributed by atoms with E-state index in [1.165, 1.54) is 16.9 Å². The highest BCUT2D eigenvalue weighted by atomic mass is 31.2. The van der Waals surface area contributed by atoms with Gasteiger partial charge in [0.05, 0.1) is 11.9 Å². The molecule has 0 atom stereocenters. The quantitative estimate of drug-likeness (QED) is 0.398. The monoisotopic (exact) mass is 442 g/mol. The van der Waals surface area contributed by atoms with Crippen LogP contribution < -0.4 is 5.44 Å². The van der Waals surface area contributed by atoms with Crippen LogP contribution in [-0.2, 0) is 4.57 Å². The third kappa shape index (κ3) is 3.59. The Kier molecular flexibility index (Phi) is 5.07. The van der Waals surface area contributed by atoms with Gasteiger partial charge >= 0.3 is 7.60 Å². The molecule has 8 heteroatoms. The number of hydrogen-bond donors (Lipinski definition) is 2. The predicted molar refractivity (Wildman–Crippen MR) is 123 cm³/mol. The molecule has 0 bridgehead atoms. The van der Waals surface area contributed by atoms with Crippen molar-refractivity contribution < 1.29 is 14.4 Å². The normalized spacial score (nSPS) is 11.6. The molecular formula is C24H19N4O3P. The first-order valence-corrected chi connectivity index (χ1v) is 11.5. The average Bonchev–Trinajstić information content (AvgIpc) is 3.46. The van der Waals surface area contributed by atoms with Gasteiger partial charge in [0, 0.05) is 11.1 Å². The molecule has 2 heterocycles. The topological polar surface area (TPSA) is 93.2 Å². The highest BCUT2D eigenvalue weighted by molar-refractivity contribution is 7.60. The minimum Gasteiger partial charge on any atom is -0.320 e. The summed E-state index contributed by atoms with van der Waals surface area (Å²) in [6.07, 6.45) is 1.39. The molecule has 0 saturated carbocycles. The van der Waals surface area contributed by atoms with Gasteiger partial charge in [-0.3, -0.25) is 4.57 Å². The van der Waals surface area contributed by atoms with E-state index in [9.17, 15) is 14.4 Å². The number of hydrogen-bond acceptors (Lipinski definition) is 3. The van der Waals surface area contributed by atoms with E-state index in [1.807, 2.05) is 91.0 Å². The first kappa shape index (κ1) is 20.2. The average molecular weight is 442 g/mol. The summed E-state index contributed by atoms with van der Waals surface area (Å²) < 4.78 is 15.4. The molecule has 0 radical (unpaired) electrons. The molecule has 7 nitrogen and oxygen atoms in total. The van der Waals surface area contributed by atoms with E-state index in [0.29, 0.717) is 17.1 Å². The summed E-state index contributed by atoms with van der Waals surface area (Å²) in [6, 6.07) is 30.1. The molecule has 32 heavy (non-hydrogen) atoms. The molecule has 0 aliphatic rings. The molecule has 2 N–H and O–H groups in total. The Labute approximate surface area is 184 Å². The third-order valence-electron chi connectivity index (χ3n) is 5.09. The molecule has 3 aromatic carbocycles. The van der Waals surface area contributed by atoms with Crippen LogP contribution in [0.5, 0.6) is 0 Å². The summed E-state index contributed by atoms with van der Waals surface area (Å²) in [4.78, 5) is 20.0. The van der Waals surface area contributed by atoms with Crippen LogP contribution in [0, 0.1) is 0 Å². The maximum absolute atomic E-state index is 12.3. The van der Waals surface area contributed by atoms with E-state index < -0.39 is 7.60 Å². The maximum atomic E-state index is 12.3. The van der Waals surface area contributed by atoms with Crippen LogP contribution in [0.4, 0.5) is 0 Å². The van der Waals surface area contributed by atoms with Crippen LogP contribution in [0.1, 0.15) is 0 Å². The summed E-state index contributed by atoms with van der Waals surface area (Å²) in [7, 11) is -4.60. The van der Waals surface area contributed by atoms with Gasteiger partial charge in [0.1, 0.15) is 17.1 Å². The van der Waals surface area contributed by atoms with Crippen molar-refractivity contribution in [3.05, 3.63) is 103 Å². The first-order chi connectivity index (χ1) is 15.5. The van der Waals surface area contributed by atoms with Crippen LogP contribution in [0.3, 0.4) is 0 Å².